The van der Waals surface area contributed by atoms with Crippen molar-refractivity contribution in [2.75, 3.05) is 35.5 Å². The van der Waals surface area contributed by atoms with Crippen LogP contribution in [0.15, 0.2) is 0 Å². The maximum Gasteiger partial charge on any atom is 0.429 e. The van der Waals surface area contributed by atoms with Gasteiger partial charge in [-0.25, -0.2) is 0 Å². The first-order valence-corrected chi connectivity index (χ1v) is 14.3. The summed E-state index contributed by atoms with van der Waals surface area (Å²) in [5.41, 5.74) is -0.372. The van der Waals surface area contributed by atoms with E-state index in [2.05, 4.69) is 0 Å². The fraction of sp³-hybridized carbons (Fsp3) is 1.00. The first-order chi connectivity index (χ1) is 8.72. The van der Waals surface area contributed by atoms with E-state index in [-0.39, 0.29) is 5.60 Å². The van der Waals surface area contributed by atoms with Crippen LogP contribution in [0.4, 0.5) is 0 Å². The van der Waals surface area contributed by atoms with Crippen molar-refractivity contribution in [3.05, 3.63) is 0 Å². The van der Waals surface area contributed by atoms with Crippen LogP contribution in [0.3, 0.4) is 0 Å². The molecule has 0 radical (unpaired) electrons. The van der Waals surface area contributed by atoms with E-state index in [9.17, 15) is 0 Å². The van der Waals surface area contributed by atoms with E-state index in [0.29, 0.717) is 6.04 Å². The molecular weight excluding hydrogens is 300 g/mol. The zero-order valence-corrected chi connectivity index (χ0v) is 16.2. The summed E-state index contributed by atoms with van der Waals surface area (Å²) in [5.74, 6) is 0. The second-order valence-corrected chi connectivity index (χ2v) is 23.1. The third-order valence-corrected chi connectivity index (χ3v) is 30.8. The van der Waals surface area contributed by atoms with Crippen LogP contribution < -0.4 is 0 Å². The van der Waals surface area contributed by atoms with Crippen molar-refractivity contribution in [3.63, 3.8) is 0 Å². The Hall–Kier alpha value is 0.411. The van der Waals surface area contributed by atoms with Gasteiger partial charge in [0.15, 0.2) is 0 Å². The molecule has 0 N–H and O–H groups in total. The smallest absolute Gasteiger partial charge is 0.397 e. The molecule has 0 amide bonds. The molecular formula is C10H26O6Si3. The molecule has 0 aromatic heterocycles. The lowest BCUT2D eigenvalue weighted by Gasteiger charge is -2.55. The molecule has 1 atom stereocenters. The predicted molar refractivity (Wildman–Crippen MR) is 78.1 cm³/mol. The van der Waals surface area contributed by atoms with Gasteiger partial charge in [-0.05, 0) is 20.4 Å². The molecule has 1 heterocycles. The SMILES string of the molecule is CO[Si]1(C)OC(C)(C)C[Si](OC)(OC)[Si]1(OC)OC. The van der Waals surface area contributed by atoms with E-state index in [1.807, 2.05) is 20.4 Å². The zero-order chi connectivity index (χ0) is 14.9. The fourth-order valence-corrected chi connectivity index (χ4v) is 31.5. The van der Waals surface area contributed by atoms with Gasteiger partial charge >= 0.3 is 23.8 Å². The highest BCUT2D eigenvalue weighted by Gasteiger charge is 2.81. The standard InChI is InChI=1S/C10H26O6Si3/c1-10(2)9-18(12-4,13-5)19(14-6,15-7)17(8,11-3)16-10/h9H2,1-8H3. The zero-order valence-electron chi connectivity index (χ0n) is 13.2. The number of rotatable bonds is 5. The number of hydrogen-bond donors (Lipinski definition) is 0. The monoisotopic (exact) mass is 326 g/mol. The fourth-order valence-electron chi connectivity index (χ4n) is 3.09. The molecule has 0 aromatic carbocycles. The van der Waals surface area contributed by atoms with Gasteiger partial charge in [0.05, 0.1) is 5.60 Å². The second-order valence-electron chi connectivity index (χ2n) is 5.37. The largest absolute Gasteiger partial charge is 0.429 e. The topological polar surface area (TPSA) is 55.4 Å². The molecule has 19 heavy (non-hydrogen) atoms. The van der Waals surface area contributed by atoms with Crippen LogP contribution in [0.25, 0.3) is 0 Å². The summed E-state index contributed by atoms with van der Waals surface area (Å²) in [5, 5.41) is 0. The van der Waals surface area contributed by atoms with Crippen LogP contribution in [0.5, 0.6) is 0 Å². The Balaban J connectivity index is 3.47. The van der Waals surface area contributed by atoms with E-state index in [1.165, 1.54) is 0 Å². The normalized spacial score (nSPS) is 32.2. The molecule has 6 nitrogen and oxygen atoms in total. The summed E-state index contributed by atoms with van der Waals surface area (Å²) in [6, 6.07) is 0.660. The van der Waals surface area contributed by atoms with Gasteiger partial charge in [0, 0.05) is 41.6 Å². The van der Waals surface area contributed by atoms with Crippen LogP contribution >= 0.6 is 0 Å². The lowest BCUT2D eigenvalue weighted by Crippen LogP contribution is -2.87. The second kappa shape index (κ2) is 5.66. The molecule has 1 aliphatic heterocycles. The molecule has 1 saturated heterocycles. The third kappa shape index (κ3) is 2.40. The summed E-state index contributed by atoms with van der Waals surface area (Å²) >= 11 is 0. The van der Waals surface area contributed by atoms with Crippen LogP contribution in [0.1, 0.15) is 13.8 Å². The lowest BCUT2D eigenvalue weighted by molar-refractivity contribution is 0.0518. The van der Waals surface area contributed by atoms with Gasteiger partial charge in [-0.3, -0.25) is 0 Å². The first-order valence-electron chi connectivity index (χ1n) is 6.18. The summed E-state index contributed by atoms with van der Waals surface area (Å²) in [7, 11) is 0.0108. The Bertz CT molecular complexity index is 318. The highest BCUT2D eigenvalue weighted by atomic mass is 29.7. The molecule has 0 saturated carbocycles. The van der Waals surface area contributed by atoms with Gasteiger partial charge in [0.2, 0.25) is 0 Å². The van der Waals surface area contributed by atoms with Crippen LogP contribution in [-0.4, -0.2) is 64.9 Å². The van der Waals surface area contributed by atoms with E-state index < -0.39 is 23.8 Å². The molecule has 1 fully saturated rings. The summed E-state index contributed by atoms with van der Waals surface area (Å²) in [6.07, 6.45) is 0. The Morgan fingerprint density at radius 2 is 1.32 bits per heavy atom. The minimum Gasteiger partial charge on any atom is -0.397 e. The molecule has 0 aliphatic carbocycles. The Morgan fingerprint density at radius 1 is 0.842 bits per heavy atom. The van der Waals surface area contributed by atoms with Gasteiger partial charge in [0.1, 0.15) is 0 Å². The summed E-state index contributed by atoms with van der Waals surface area (Å²) in [6.45, 7) is 6.04. The van der Waals surface area contributed by atoms with E-state index >= 15 is 0 Å². The molecule has 0 spiro atoms. The average molecular weight is 327 g/mol. The van der Waals surface area contributed by atoms with Crippen molar-refractivity contribution >= 4 is 23.8 Å². The van der Waals surface area contributed by atoms with Crippen molar-refractivity contribution in [1.29, 1.82) is 0 Å². The summed E-state index contributed by atoms with van der Waals surface area (Å²) in [4.78, 5) is 0. The van der Waals surface area contributed by atoms with Crippen LogP contribution in [-0.2, 0) is 26.6 Å². The third-order valence-electron chi connectivity index (χ3n) is 3.85. The molecule has 9 heteroatoms. The molecule has 0 bridgehead atoms. The van der Waals surface area contributed by atoms with Crippen molar-refractivity contribution in [1.82, 2.24) is 0 Å². The van der Waals surface area contributed by atoms with E-state index in [0.717, 1.165) is 0 Å². The van der Waals surface area contributed by atoms with Crippen molar-refractivity contribution in [2.45, 2.75) is 32.0 Å². The Labute approximate surface area is 118 Å². The average Bonchev–Trinajstić information content (AvgIpc) is 2.37. The summed E-state index contributed by atoms with van der Waals surface area (Å²) < 4.78 is 35.5. The van der Waals surface area contributed by atoms with Gasteiger partial charge in [-0.15, -0.1) is 0 Å². The van der Waals surface area contributed by atoms with Crippen LogP contribution in [0.2, 0.25) is 12.6 Å². The minimum atomic E-state index is -2.86. The quantitative estimate of drug-likeness (QED) is 0.706. The minimum absolute atomic E-state index is 0.372. The van der Waals surface area contributed by atoms with Gasteiger partial charge in [-0.2, -0.15) is 0 Å². The molecule has 1 rings (SSSR count). The maximum absolute atomic E-state index is 6.27. The van der Waals surface area contributed by atoms with Crippen molar-refractivity contribution in [3.8, 4) is 0 Å². The molecule has 114 valence electrons. The van der Waals surface area contributed by atoms with Gasteiger partial charge in [0.25, 0.3) is 0 Å². The van der Waals surface area contributed by atoms with E-state index in [1.54, 1.807) is 35.5 Å². The maximum atomic E-state index is 6.27. The van der Waals surface area contributed by atoms with Crippen molar-refractivity contribution in [2.24, 2.45) is 0 Å². The Kier molecular flexibility index (Phi) is 5.20. The first kappa shape index (κ1) is 17.5. The Morgan fingerprint density at radius 3 is 1.63 bits per heavy atom. The van der Waals surface area contributed by atoms with E-state index in [4.69, 9.17) is 26.6 Å². The highest BCUT2D eigenvalue weighted by molar-refractivity contribution is 7.60. The number of hydrogen-bond acceptors (Lipinski definition) is 6. The molecule has 1 unspecified atom stereocenters. The molecule has 1 aliphatic rings. The van der Waals surface area contributed by atoms with Crippen LogP contribution in [0, 0.1) is 0 Å². The van der Waals surface area contributed by atoms with Crippen molar-refractivity contribution < 1.29 is 26.6 Å². The van der Waals surface area contributed by atoms with Gasteiger partial charge in [-0.1, -0.05) is 0 Å². The lowest BCUT2D eigenvalue weighted by atomic mass is 10.2. The molecule has 0 aromatic rings. The van der Waals surface area contributed by atoms with Gasteiger partial charge < -0.3 is 26.6 Å². The highest BCUT2D eigenvalue weighted by Crippen LogP contribution is 2.45. The predicted octanol–water partition coefficient (Wildman–Crippen LogP) is 1.14.